The summed E-state index contributed by atoms with van der Waals surface area (Å²) in [4.78, 5) is 28.8. The zero-order chi connectivity index (χ0) is 96.8. The molecule has 24 aliphatic carbocycles. The molecule has 21 nitrogen and oxygen atoms in total. The van der Waals surface area contributed by atoms with Crippen molar-refractivity contribution in [2.75, 3.05) is 0 Å². The molecule has 26 heteroatoms. The molecule has 6 aromatic carbocycles. The number of rotatable bonds is 24. The van der Waals surface area contributed by atoms with E-state index >= 15 is 0 Å². The number of halogens is 3. The Bertz CT molecular complexity index is 5870. The molecule has 24 aliphatic rings. The summed E-state index contributed by atoms with van der Waals surface area (Å²) in [6.45, 7) is 8.65. The minimum absolute atomic E-state index is 0.212. The number of aromatic nitrogens is 11. The van der Waals surface area contributed by atoms with Crippen LogP contribution in [0.15, 0.2) is 188 Å². The summed E-state index contributed by atoms with van der Waals surface area (Å²) in [6, 6.07) is 52.2. The molecule has 6 N–H and O–H groups in total. The Morgan fingerprint density at radius 2 is 0.556 bits per heavy atom. The second-order valence-corrected chi connectivity index (χ2v) is 51.3. The molecule has 0 saturated heterocycles. The molecule has 0 unspecified atom stereocenters. The molecule has 144 heavy (non-hydrogen) atoms. The third-order valence-corrected chi connectivity index (χ3v) is 39.8. The number of benzene rings is 6. The lowest BCUT2D eigenvalue weighted by molar-refractivity contribution is -0.137. The fourth-order valence-corrected chi connectivity index (χ4v) is 35.9. The van der Waals surface area contributed by atoms with Gasteiger partial charge in [0.2, 0.25) is 0 Å². The number of alkyl halides is 3. The van der Waals surface area contributed by atoms with E-state index in [1.165, 1.54) is 287 Å². The summed E-state index contributed by atoms with van der Waals surface area (Å²) in [5, 5.41) is 41.9. The maximum Gasteiger partial charge on any atom is 0.416 e. The van der Waals surface area contributed by atoms with Gasteiger partial charge in [-0.1, -0.05) is 135 Å². The maximum atomic E-state index is 12.7. The first-order chi connectivity index (χ1) is 70.1. The Labute approximate surface area is 853 Å². The molecule has 24 saturated carbocycles. The molecule has 6 aromatic heterocycles. The lowest BCUT2D eigenvalue weighted by Gasteiger charge is -2.57. The summed E-state index contributed by atoms with van der Waals surface area (Å²) in [5.41, 5.74) is 9.79. The van der Waals surface area contributed by atoms with Crippen LogP contribution in [-0.2, 0) is 45.4 Å². The van der Waals surface area contributed by atoms with E-state index in [0.29, 0.717) is 63.3 Å². The number of thiazole rings is 1. The third kappa shape index (κ3) is 21.5. The quantitative estimate of drug-likeness (QED) is 0.0328. The van der Waals surface area contributed by atoms with E-state index in [2.05, 4.69) is 175 Å². The second kappa shape index (κ2) is 39.9. The standard InChI is InChI=1S/C20H22F3N3O.2C20H25N3O.C20H24N2S.C19H23N3O.C19H23N3S/c21-20(22,23)16-3-1-15(2-4-16)18-25-17(26-27-18)11-24-19-8-12-5-13(9-19)7-14(6-12)10-19;1-13-2-4-17(5-3-13)19-22-18(23-24-19)12-21-20-9-14-6-15(10-20)8-16(7-14)11-20;1-13-3-2-4-17(5-13)19-22-18(23-24-19)12-21-20-9-14-6-15(10-20)8-16(7-14)11-20;1-2-4-17(5-3-1)18-12-21-19(23-18)13-22-20-9-14-6-15(10-20)8-16(7-14)11-20;2*1-2-4-16(5-3-1)18-21-17(22-23-18)12-20-19-9-13-6-14(10-19)8-15(7-13)11-19/h1-4,12-14,24H,5-11H2;2*2-5,14-16,21H,6-12H2,1H3;1-5,12,14-16,22H,6-11,13H2;2*1-5,13-15,20H,6-12H2. The van der Waals surface area contributed by atoms with E-state index in [9.17, 15) is 13.2 Å². The Balaban J connectivity index is 0.0000000905. The van der Waals surface area contributed by atoms with Crippen molar-refractivity contribution in [2.24, 2.45) is 107 Å². The lowest BCUT2D eigenvalue weighted by atomic mass is 9.53. The predicted octanol–water partition coefficient (Wildman–Crippen LogP) is 25.9. The van der Waals surface area contributed by atoms with Crippen molar-refractivity contribution in [2.45, 2.75) is 324 Å². The smallest absolute Gasteiger partial charge is 0.334 e. The molecule has 0 atom stereocenters. The molecule has 0 amide bonds. The molecule has 24 bridgehead atoms. The summed E-state index contributed by atoms with van der Waals surface area (Å²) in [6.07, 6.45) is 48.4. The van der Waals surface area contributed by atoms with Crippen molar-refractivity contribution < 1.29 is 31.3 Å². The average molecular weight is 1980 g/mol. The number of aryl methyl sites for hydroxylation is 2. The summed E-state index contributed by atoms with van der Waals surface area (Å²) < 4.78 is 64.2. The van der Waals surface area contributed by atoms with Crippen molar-refractivity contribution in [1.29, 1.82) is 0 Å². The Kier molecular flexibility index (Phi) is 26.5. The van der Waals surface area contributed by atoms with Crippen molar-refractivity contribution in [3.63, 3.8) is 0 Å². The first-order valence-electron chi connectivity index (χ1n) is 55.1. The fourth-order valence-electron chi connectivity index (χ4n) is 34.3. The molecule has 756 valence electrons. The maximum absolute atomic E-state index is 12.7. The molecule has 24 fully saturated rings. The van der Waals surface area contributed by atoms with Gasteiger partial charge in [0, 0.05) is 73.8 Å². The normalized spacial score (nSPS) is 34.1. The van der Waals surface area contributed by atoms with Crippen molar-refractivity contribution in [3.05, 3.63) is 221 Å². The summed E-state index contributed by atoms with van der Waals surface area (Å²) >= 11 is 3.36. The third-order valence-electron chi connectivity index (χ3n) is 38.0. The monoisotopic (exact) mass is 1980 g/mol. The fraction of sp³-hybridized carbons (Fsp3) is 0.585. The van der Waals surface area contributed by atoms with Crippen LogP contribution in [0, 0.1) is 120 Å². The minimum Gasteiger partial charge on any atom is -0.334 e. The van der Waals surface area contributed by atoms with Gasteiger partial charge in [0.05, 0.1) is 43.2 Å². The van der Waals surface area contributed by atoms with E-state index in [-0.39, 0.29) is 11.4 Å². The van der Waals surface area contributed by atoms with Crippen LogP contribution in [0.25, 0.3) is 66.8 Å². The molecule has 12 aromatic rings. The van der Waals surface area contributed by atoms with Gasteiger partial charge in [0.25, 0.3) is 23.6 Å². The van der Waals surface area contributed by atoms with Gasteiger partial charge in [-0.15, -0.1) is 11.3 Å². The van der Waals surface area contributed by atoms with Gasteiger partial charge in [0.1, 0.15) is 10.0 Å². The molecular formula is C118H142F3N17O4S2. The Morgan fingerprint density at radius 1 is 0.285 bits per heavy atom. The van der Waals surface area contributed by atoms with Crippen LogP contribution in [0.4, 0.5) is 13.2 Å². The van der Waals surface area contributed by atoms with E-state index < -0.39 is 11.7 Å². The highest BCUT2D eigenvalue weighted by atomic mass is 32.1. The van der Waals surface area contributed by atoms with E-state index in [0.717, 1.165) is 196 Å². The van der Waals surface area contributed by atoms with E-state index in [1.807, 2.05) is 78.2 Å². The number of nitrogens with zero attached hydrogens (tertiary/aromatic N) is 11. The van der Waals surface area contributed by atoms with Crippen molar-refractivity contribution in [3.8, 4) is 66.8 Å². The largest absolute Gasteiger partial charge is 0.416 e. The zero-order valence-electron chi connectivity index (χ0n) is 83.8. The topological polar surface area (TPSA) is 267 Å². The van der Waals surface area contributed by atoms with Crippen LogP contribution in [-0.4, -0.2) is 88.1 Å². The van der Waals surface area contributed by atoms with Gasteiger partial charge in [-0.25, -0.2) is 9.97 Å². The summed E-state index contributed by atoms with van der Waals surface area (Å²) in [5.74, 6) is 23.1. The van der Waals surface area contributed by atoms with Crippen LogP contribution in [0.2, 0.25) is 0 Å². The first-order valence-corrected chi connectivity index (χ1v) is 56.7. The van der Waals surface area contributed by atoms with Crippen molar-refractivity contribution >= 4 is 22.9 Å². The molecular weight excluding hydrogens is 1840 g/mol. The van der Waals surface area contributed by atoms with Gasteiger partial charge in [-0.05, 0) is 429 Å². The van der Waals surface area contributed by atoms with Crippen LogP contribution in [0.3, 0.4) is 0 Å². The van der Waals surface area contributed by atoms with Crippen LogP contribution in [0.1, 0.15) is 282 Å². The highest BCUT2D eigenvalue weighted by Crippen LogP contribution is 2.62. The van der Waals surface area contributed by atoms with E-state index in [1.54, 1.807) is 0 Å². The number of hydrogen-bond donors (Lipinski definition) is 6. The highest BCUT2D eigenvalue weighted by Gasteiger charge is 2.57. The zero-order valence-corrected chi connectivity index (χ0v) is 85.4. The first kappa shape index (κ1) is 95.5. The van der Waals surface area contributed by atoms with Crippen molar-refractivity contribution in [1.82, 2.24) is 86.8 Å². The lowest BCUT2D eigenvalue weighted by Crippen LogP contribution is -2.58. The van der Waals surface area contributed by atoms with Crippen LogP contribution in [0.5, 0.6) is 0 Å². The predicted molar refractivity (Wildman–Crippen MR) is 553 cm³/mol. The van der Waals surface area contributed by atoms with Gasteiger partial charge in [-0.2, -0.15) is 37.5 Å². The summed E-state index contributed by atoms with van der Waals surface area (Å²) in [7, 11) is 0. The number of nitrogens with one attached hydrogen (secondary N) is 6. The van der Waals surface area contributed by atoms with Gasteiger partial charge >= 0.3 is 6.18 Å². The minimum atomic E-state index is -4.35. The van der Waals surface area contributed by atoms with Gasteiger partial charge < -0.3 is 50.0 Å². The SMILES string of the molecule is Cc1ccc(-c2nc(CNC34CC5CC(CC(C5)C3)C4)no2)cc1.Cc1cccc(-c2nc(CNC34CC5CC(CC(C5)C3)C4)no2)c1.FC(F)(F)c1ccc(-c2nc(CNC34CC5CC(CC(C5)C3)C4)no2)cc1.c1ccc(-c2cnc(CNC34CC5CC(CC(C5)C3)C4)s2)cc1.c1ccc(-c2nc(CNC34CC5CC(CC(C5)C3)C4)no2)cc1.c1ccc(-c2nc(CNC34CC5CC(CC(C5)C3)C4)ns2)cc1. The number of hydrogen-bond acceptors (Lipinski definition) is 23. The molecule has 0 spiro atoms. The second-order valence-electron chi connectivity index (χ2n) is 49.4. The van der Waals surface area contributed by atoms with Gasteiger partial charge in [0.15, 0.2) is 29.1 Å². The molecule has 0 radical (unpaired) electrons. The average Bonchev–Trinajstić information content (AvgIpc) is 1.15. The molecule has 36 rings (SSSR count). The highest BCUT2D eigenvalue weighted by molar-refractivity contribution is 7.15. The molecule has 6 heterocycles. The van der Waals surface area contributed by atoms with Crippen LogP contribution >= 0.6 is 22.9 Å². The van der Waals surface area contributed by atoms with Crippen LogP contribution < -0.4 is 31.9 Å². The molecule has 0 aliphatic heterocycles. The Hall–Kier alpha value is -9.38. The van der Waals surface area contributed by atoms with E-state index in [4.69, 9.17) is 23.1 Å². The van der Waals surface area contributed by atoms with Gasteiger partial charge in [-0.3, -0.25) is 0 Å². The Morgan fingerprint density at radius 3 is 0.868 bits per heavy atom.